The Balaban J connectivity index is 2.42. The summed E-state index contributed by atoms with van der Waals surface area (Å²) in [4.78, 5) is 24.3. The van der Waals surface area contributed by atoms with Crippen LogP contribution in [0.2, 0.25) is 0 Å². The summed E-state index contributed by atoms with van der Waals surface area (Å²) in [6.45, 7) is 1.95. The third-order valence-corrected chi connectivity index (χ3v) is 2.66. The van der Waals surface area contributed by atoms with Crippen molar-refractivity contribution < 1.29 is 19.1 Å². The van der Waals surface area contributed by atoms with Gasteiger partial charge in [0.05, 0.1) is 13.7 Å². The zero-order valence-corrected chi connectivity index (χ0v) is 11.5. The van der Waals surface area contributed by atoms with Crippen molar-refractivity contribution >= 4 is 11.9 Å². The molecule has 5 nitrogen and oxygen atoms in total. The van der Waals surface area contributed by atoms with Crippen molar-refractivity contribution in [3.63, 3.8) is 0 Å². The lowest BCUT2D eigenvalue weighted by Gasteiger charge is -2.20. The van der Waals surface area contributed by atoms with Gasteiger partial charge in [-0.15, -0.1) is 0 Å². The lowest BCUT2D eigenvalue weighted by Crippen LogP contribution is -2.39. The molecule has 0 aromatic heterocycles. The first-order valence-corrected chi connectivity index (χ1v) is 6.02. The number of nitrogens with zero attached hydrogens (tertiary/aromatic N) is 1. The van der Waals surface area contributed by atoms with Gasteiger partial charge < -0.3 is 14.4 Å². The number of hydrogen-bond acceptors (Lipinski definition) is 4. The minimum atomic E-state index is -0.602. The van der Waals surface area contributed by atoms with E-state index in [0.717, 1.165) is 5.56 Å². The highest BCUT2D eigenvalue weighted by molar-refractivity contribution is 5.84. The molecule has 1 aromatic carbocycles. The third-order valence-electron chi connectivity index (χ3n) is 2.66. The molecule has 0 radical (unpaired) electrons. The molecule has 5 heteroatoms. The lowest BCUT2D eigenvalue weighted by atomic mass is 10.2. The van der Waals surface area contributed by atoms with Crippen LogP contribution in [0.5, 0.6) is 0 Å². The van der Waals surface area contributed by atoms with Crippen molar-refractivity contribution in [2.75, 3.05) is 20.7 Å². The highest BCUT2D eigenvalue weighted by atomic mass is 16.5. The van der Waals surface area contributed by atoms with Gasteiger partial charge in [-0.2, -0.15) is 0 Å². The largest absolute Gasteiger partial charge is 0.468 e. The van der Waals surface area contributed by atoms with Gasteiger partial charge in [0.25, 0.3) is 5.91 Å². The fourth-order valence-corrected chi connectivity index (χ4v) is 1.51. The Morgan fingerprint density at radius 2 is 1.89 bits per heavy atom. The van der Waals surface area contributed by atoms with Gasteiger partial charge in [-0.3, -0.25) is 9.59 Å². The van der Waals surface area contributed by atoms with Crippen molar-refractivity contribution in [2.45, 2.75) is 19.6 Å². The Kier molecular flexibility index (Phi) is 6.02. The quantitative estimate of drug-likeness (QED) is 0.726. The molecule has 1 unspecified atom stereocenters. The highest BCUT2D eigenvalue weighted by Gasteiger charge is 2.20. The number of rotatable bonds is 6. The van der Waals surface area contributed by atoms with Crippen LogP contribution in [0.15, 0.2) is 30.3 Å². The van der Waals surface area contributed by atoms with Crippen LogP contribution in [0.25, 0.3) is 0 Å². The molecular weight excluding hydrogens is 246 g/mol. The van der Waals surface area contributed by atoms with Gasteiger partial charge in [0.1, 0.15) is 12.6 Å². The maximum absolute atomic E-state index is 11.9. The van der Waals surface area contributed by atoms with Crippen molar-refractivity contribution in [1.82, 2.24) is 4.90 Å². The van der Waals surface area contributed by atoms with Gasteiger partial charge in [-0.05, 0) is 12.5 Å². The first-order chi connectivity index (χ1) is 9.04. The van der Waals surface area contributed by atoms with Crippen LogP contribution >= 0.6 is 0 Å². The molecule has 0 aliphatic rings. The summed E-state index contributed by atoms with van der Waals surface area (Å²) in [6.07, 6.45) is -0.602. The molecular formula is C14H19NO4. The van der Waals surface area contributed by atoms with Crippen molar-refractivity contribution in [1.29, 1.82) is 0 Å². The minimum absolute atomic E-state index is 0.0750. The molecule has 0 bridgehead atoms. The Hall–Kier alpha value is -1.88. The fourth-order valence-electron chi connectivity index (χ4n) is 1.51. The molecule has 0 fully saturated rings. The summed E-state index contributed by atoms with van der Waals surface area (Å²) in [7, 11) is 2.83. The number of benzene rings is 1. The van der Waals surface area contributed by atoms with E-state index in [9.17, 15) is 9.59 Å². The summed E-state index contributed by atoms with van der Waals surface area (Å²) in [5.41, 5.74) is 0.998. The van der Waals surface area contributed by atoms with Gasteiger partial charge in [-0.1, -0.05) is 30.3 Å². The zero-order chi connectivity index (χ0) is 14.3. The number of amides is 1. The molecule has 0 heterocycles. The number of ether oxygens (including phenoxy) is 2. The normalized spacial score (nSPS) is 11.7. The van der Waals surface area contributed by atoms with E-state index < -0.39 is 12.1 Å². The maximum Gasteiger partial charge on any atom is 0.325 e. The monoisotopic (exact) mass is 265 g/mol. The predicted octanol–water partition coefficient (Wildman–Crippen LogP) is 1.22. The smallest absolute Gasteiger partial charge is 0.325 e. The van der Waals surface area contributed by atoms with Gasteiger partial charge >= 0.3 is 5.97 Å². The second kappa shape index (κ2) is 7.53. The van der Waals surface area contributed by atoms with E-state index in [0.29, 0.717) is 6.61 Å². The van der Waals surface area contributed by atoms with Crippen LogP contribution in [0, 0.1) is 0 Å². The maximum atomic E-state index is 11.9. The van der Waals surface area contributed by atoms with E-state index in [-0.39, 0.29) is 12.5 Å². The number of likely N-dealkylation sites (N-methyl/N-ethyl adjacent to an activating group) is 1. The Morgan fingerprint density at radius 1 is 1.26 bits per heavy atom. The molecule has 0 aliphatic heterocycles. The Morgan fingerprint density at radius 3 is 2.47 bits per heavy atom. The first kappa shape index (κ1) is 15.2. The van der Waals surface area contributed by atoms with Crippen LogP contribution < -0.4 is 0 Å². The average molecular weight is 265 g/mol. The van der Waals surface area contributed by atoms with Crippen molar-refractivity contribution in [3.05, 3.63) is 35.9 Å². The topological polar surface area (TPSA) is 55.8 Å². The molecule has 0 N–H and O–H groups in total. The fraction of sp³-hybridized carbons (Fsp3) is 0.429. The molecule has 0 aliphatic carbocycles. The SMILES string of the molecule is COC(=O)CN(C)C(=O)C(C)OCc1ccccc1. The molecule has 0 saturated heterocycles. The predicted molar refractivity (Wildman–Crippen MR) is 70.3 cm³/mol. The van der Waals surface area contributed by atoms with E-state index in [1.165, 1.54) is 12.0 Å². The summed E-state index contributed by atoms with van der Waals surface area (Å²) >= 11 is 0. The summed E-state index contributed by atoms with van der Waals surface area (Å²) in [5.74, 6) is -0.701. The van der Waals surface area contributed by atoms with Crippen molar-refractivity contribution in [3.8, 4) is 0 Å². The standard InChI is InChI=1S/C14H19NO4/c1-11(14(17)15(2)9-13(16)18-3)19-10-12-7-5-4-6-8-12/h4-8,11H,9-10H2,1-3H3. The molecule has 1 amide bonds. The highest BCUT2D eigenvalue weighted by Crippen LogP contribution is 2.05. The number of methoxy groups -OCH3 is 1. The van der Waals surface area contributed by atoms with Crippen molar-refractivity contribution in [2.24, 2.45) is 0 Å². The third kappa shape index (κ3) is 5.09. The van der Waals surface area contributed by atoms with E-state index >= 15 is 0 Å². The molecule has 1 rings (SSSR count). The molecule has 0 saturated carbocycles. The minimum Gasteiger partial charge on any atom is -0.468 e. The van der Waals surface area contributed by atoms with Gasteiger partial charge in [0.15, 0.2) is 0 Å². The van der Waals surface area contributed by atoms with E-state index in [1.54, 1.807) is 14.0 Å². The first-order valence-electron chi connectivity index (χ1n) is 6.02. The summed E-state index contributed by atoms with van der Waals surface area (Å²) in [6, 6.07) is 9.59. The second-order valence-electron chi connectivity index (χ2n) is 4.21. The zero-order valence-electron chi connectivity index (χ0n) is 11.5. The molecule has 1 atom stereocenters. The summed E-state index contributed by atoms with van der Waals surface area (Å²) in [5, 5.41) is 0. The second-order valence-corrected chi connectivity index (χ2v) is 4.21. The van der Waals surface area contributed by atoms with E-state index in [4.69, 9.17) is 4.74 Å². The number of hydrogen-bond donors (Lipinski definition) is 0. The molecule has 0 spiro atoms. The van der Waals surface area contributed by atoms with Crippen LogP contribution in [-0.4, -0.2) is 43.6 Å². The Labute approximate surface area is 113 Å². The van der Waals surface area contributed by atoms with Gasteiger partial charge in [0.2, 0.25) is 0 Å². The Bertz CT molecular complexity index is 419. The van der Waals surface area contributed by atoms with Crippen LogP contribution in [0.4, 0.5) is 0 Å². The van der Waals surface area contributed by atoms with Gasteiger partial charge in [-0.25, -0.2) is 0 Å². The van der Waals surface area contributed by atoms with Crippen LogP contribution in [-0.2, 0) is 25.7 Å². The molecule has 19 heavy (non-hydrogen) atoms. The van der Waals surface area contributed by atoms with Gasteiger partial charge in [0, 0.05) is 7.05 Å². The number of esters is 1. The van der Waals surface area contributed by atoms with E-state index in [2.05, 4.69) is 4.74 Å². The number of carbonyl (C=O) groups excluding carboxylic acids is 2. The summed E-state index contributed by atoms with van der Waals surface area (Å²) < 4.78 is 9.99. The van der Waals surface area contributed by atoms with Crippen LogP contribution in [0.3, 0.4) is 0 Å². The average Bonchev–Trinajstić information content (AvgIpc) is 2.44. The molecule has 104 valence electrons. The van der Waals surface area contributed by atoms with E-state index in [1.807, 2.05) is 30.3 Å². The lowest BCUT2D eigenvalue weighted by molar-refractivity contribution is -0.150. The molecule has 1 aromatic rings. The van der Waals surface area contributed by atoms with Crippen LogP contribution in [0.1, 0.15) is 12.5 Å². The number of carbonyl (C=O) groups is 2.